The van der Waals surface area contributed by atoms with E-state index in [2.05, 4.69) is 24.1 Å². The van der Waals surface area contributed by atoms with Crippen LogP contribution >= 0.6 is 0 Å². The van der Waals surface area contributed by atoms with Gasteiger partial charge in [0.25, 0.3) is 5.69 Å². The number of benzene rings is 2. The Bertz CT molecular complexity index is 981. The number of nitro benzene ring substituents is 1. The van der Waals surface area contributed by atoms with Crippen LogP contribution in [0, 0.1) is 10.1 Å². The van der Waals surface area contributed by atoms with E-state index in [1.54, 1.807) is 24.3 Å². The third kappa shape index (κ3) is 5.08. The van der Waals surface area contributed by atoms with E-state index in [4.69, 9.17) is 4.74 Å². The van der Waals surface area contributed by atoms with Crippen LogP contribution in [0.15, 0.2) is 42.5 Å². The van der Waals surface area contributed by atoms with Crippen LogP contribution in [-0.2, 0) is 4.74 Å². The second kappa shape index (κ2) is 9.70. The average Bonchev–Trinajstić information content (AvgIpc) is 2.78. The smallest absolute Gasteiger partial charge is 0.338 e. The Morgan fingerprint density at radius 1 is 1.13 bits per heavy atom. The van der Waals surface area contributed by atoms with Crippen LogP contribution in [0.5, 0.6) is 0 Å². The summed E-state index contributed by atoms with van der Waals surface area (Å²) in [4.78, 5) is 38.6. The number of ketones is 1. The van der Waals surface area contributed by atoms with Gasteiger partial charge in [-0.05, 0) is 44.9 Å². The molecule has 0 aromatic heterocycles. The number of anilines is 1. The Morgan fingerprint density at radius 3 is 2.35 bits per heavy atom. The Kier molecular flexibility index (Phi) is 7.02. The molecule has 0 spiro atoms. The summed E-state index contributed by atoms with van der Waals surface area (Å²) in [7, 11) is 1.24. The molecule has 0 amide bonds. The minimum atomic E-state index is -0.635. The van der Waals surface area contributed by atoms with Gasteiger partial charge in [0.05, 0.1) is 17.6 Å². The Hall–Kier alpha value is -3.26. The number of piperidine rings is 1. The number of carbonyl (C=O) groups excluding carboxylic acids is 2. The summed E-state index contributed by atoms with van der Waals surface area (Å²) in [5, 5.41) is 15.0. The molecule has 1 fully saturated rings. The van der Waals surface area contributed by atoms with Gasteiger partial charge in [0.15, 0.2) is 5.78 Å². The molecule has 8 nitrogen and oxygen atoms in total. The van der Waals surface area contributed by atoms with Crippen LogP contribution in [-0.4, -0.2) is 53.9 Å². The highest BCUT2D eigenvalue weighted by Gasteiger charge is 2.25. The van der Waals surface area contributed by atoms with Gasteiger partial charge >= 0.3 is 5.97 Å². The minimum absolute atomic E-state index is 0.122. The van der Waals surface area contributed by atoms with Gasteiger partial charge in [0.2, 0.25) is 0 Å². The molecule has 8 heteroatoms. The third-order valence-corrected chi connectivity index (χ3v) is 5.65. The van der Waals surface area contributed by atoms with Crippen molar-refractivity contribution in [1.29, 1.82) is 0 Å². The summed E-state index contributed by atoms with van der Waals surface area (Å²) in [5.41, 5.74) is 0.642. The van der Waals surface area contributed by atoms with Gasteiger partial charge in [-0.3, -0.25) is 14.9 Å². The Morgan fingerprint density at radius 2 is 1.77 bits per heavy atom. The highest BCUT2D eigenvalue weighted by atomic mass is 16.6. The normalized spacial score (nSPS) is 15.0. The molecule has 1 aliphatic rings. The van der Waals surface area contributed by atoms with Gasteiger partial charge in [0.1, 0.15) is 5.69 Å². The van der Waals surface area contributed by atoms with Crippen LogP contribution < -0.4 is 5.32 Å². The van der Waals surface area contributed by atoms with Crippen LogP contribution in [0.1, 0.15) is 53.0 Å². The summed E-state index contributed by atoms with van der Waals surface area (Å²) in [6.07, 6.45) is 1.78. The van der Waals surface area contributed by atoms with Crippen LogP contribution in [0.3, 0.4) is 0 Å². The quantitative estimate of drug-likeness (QED) is 0.311. The summed E-state index contributed by atoms with van der Waals surface area (Å²) < 4.78 is 4.74. The lowest BCUT2D eigenvalue weighted by Gasteiger charge is -2.35. The lowest BCUT2D eigenvalue weighted by molar-refractivity contribution is -0.384. The van der Waals surface area contributed by atoms with Crippen molar-refractivity contribution in [1.82, 2.24) is 4.90 Å². The maximum atomic E-state index is 13.0. The lowest BCUT2D eigenvalue weighted by Crippen LogP contribution is -2.42. The molecule has 31 heavy (non-hydrogen) atoms. The molecule has 0 bridgehead atoms. The molecule has 1 saturated heterocycles. The standard InChI is InChI=1S/C23H27N3O5/c1-15(2)25-12-10-17(11-13-25)24-20-9-8-16(14-21(20)26(29)30)22(27)18-6-4-5-7-19(18)23(28)31-3/h4-9,14-15,17,24H,10-13H2,1-3H3. The van der Waals surface area contributed by atoms with Crippen molar-refractivity contribution in [3.8, 4) is 0 Å². The fourth-order valence-electron chi connectivity index (χ4n) is 3.85. The van der Waals surface area contributed by atoms with Crippen LogP contribution in [0.2, 0.25) is 0 Å². The lowest BCUT2D eigenvalue weighted by atomic mass is 9.97. The largest absolute Gasteiger partial charge is 0.465 e. The van der Waals surface area contributed by atoms with Gasteiger partial charge in [-0.15, -0.1) is 0 Å². The number of methoxy groups -OCH3 is 1. The van der Waals surface area contributed by atoms with Gasteiger partial charge in [-0.2, -0.15) is 0 Å². The summed E-state index contributed by atoms with van der Waals surface area (Å²) in [5.74, 6) is -1.11. The monoisotopic (exact) mass is 425 g/mol. The fourth-order valence-corrected chi connectivity index (χ4v) is 3.85. The summed E-state index contributed by atoms with van der Waals surface area (Å²) in [6, 6.07) is 11.3. The van der Waals surface area contributed by atoms with Crippen molar-refractivity contribution in [3.05, 3.63) is 69.3 Å². The highest BCUT2D eigenvalue weighted by molar-refractivity contribution is 6.14. The van der Waals surface area contributed by atoms with Gasteiger partial charge in [-0.1, -0.05) is 18.2 Å². The van der Waals surface area contributed by atoms with E-state index in [1.165, 1.54) is 25.3 Å². The van der Waals surface area contributed by atoms with Crippen molar-refractivity contribution in [2.24, 2.45) is 0 Å². The van der Waals surface area contributed by atoms with Crippen molar-refractivity contribution in [2.75, 3.05) is 25.5 Å². The zero-order valence-corrected chi connectivity index (χ0v) is 18.0. The SMILES string of the molecule is COC(=O)c1ccccc1C(=O)c1ccc(NC2CCN(C(C)C)CC2)c([N+](=O)[O-])c1. The number of carbonyl (C=O) groups is 2. The highest BCUT2D eigenvalue weighted by Crippen LogP contribution is 2.29. The van der Waals surface area contributed by atoms with E-state index in [-0.39, 0.29) is 28.4 Å². The molecule has 3 rings (SSSR count). The third-order valence-electron chi connectivity index (χ3n) is 5.65. The predicted molar refractivity (Wildman–Crippen MR) is 118 cm³/mol. The maximum Gasteiger partial charge on any atom is 0.338 e. The number of nitro groups is 1. The van der Waals surface area contributed by atoms with Crippen LogP contribution in [0.4, 0.5) is 11.4 Å². The molecule has 0 saturated carbocycles. The summed E-state index contributed by atoms with van der Waals surface area (Å²) in [6.45, 7) is 6.19. The molecular weight excluding hydrogens is 398 g/mol. The summed E-state index contributed by atoms with van der Waals surface area (Å²) >= 11 is 0. The number of rotatable bonds is 7. The molecule has 1 aliphatic heterocycles. The molecule has 0 atom stereocenters. The number of nitrogens with zero attached hydrogens (tertiary/aromatic N) is 2. The van der Waals surface area contributed by atoms with E-state index >= 15 is 0 Å². The number of esters is 1. The van der Waals surface area contributed by atoms with Gasteiger partial charge in [0, 0.05) is 42.4 Å². The van der Waals surface area contributed by atoms with Crippen LogP contribution in [0.25, 0.3) is 0 Å². The zero-order chi connectivity index (χ0) is 22.5. The van der Waals surface area contributed by atoms with E-state index in [0.717, 1.165) is 25.9 Å². The van der Waals surface area contributed by atoms with Gasteiger partial charge < -0.3 is 15.0 Å². The topological polar surface area (TPSA) is 102 Å². The second-order valence-electron chi connectivity index (χ2n) is 7.90. The first-order valence-electron chi connectivity index (χ1n) is 10.3. The average molecular weight is 425 g/mol. The van der Waals surface area contributed by atoms with E-state index in [0.29, 0.717) is 11.7 Å². The maximum absolute atomic E-state index is 13.0. The molecule has 164 valence electrons. The second-order valence-corrected chi connectivity index (χ2v) is 7.90. The molecule has 1 N–H and O–H groups in total. The number of hydrogen-bond donors (Lipinski definition) is 1. The van der Waals surface area contributed by atoms with Crippen molar-refractivity contribution in [2.45, 2.75) is 38.8 Å². The molecule has 2 aromatic carbocycles. The molecule has 2 aromatic rings. The number of ether oxygens (including phenoxy) is 1. The molecule has 0 unspecified atom stereocenters. The first-order chi connectivity index (χ1) is 14.8. The Balaban J connectivity index is 1.84. The molecule has 0 aliphatic carbocycles. The number of hydrogen-bond acceptors (Lipinski definition) is 7. The zero-order valence-electron chi connectivity index (χ0n) is 18.0. The first-order valence-corrected chi connectivity index (χ1v) is 10.3. The molecular formula is C23H27N3O5. The minimum Gasteiger partial charge on any atom is -0.465 e. The first kappa shape index (κ1) is 22.4. The van der Waals surface area contributed by atoms with Crippen molar-refractivity contribution in [3.63, 3.8) is 0 Å². The fraction of sp³-hybridized carbons (Fsp3) is 0.391. The number of nitrogens with one attached hydrogen (secondary N) is 1. The predicted octanol–water partition coefficient (Wildman–Crippen LogP) is 3.90. The molecule has 0 radical (unpaired) electrons. The number of likely N-dealkylation sites (tertiary alicyclic amines) is 1. The Labute approximate surface area is 181 Å². The molecule has 1 heterocycles. The van der Waals surface area contributed by atoms with E-state index in [1.807, 2.05) is 0 Å². The van der Waals surface area contributed by atoms with Crippen molar-refractivity contribution >= 4 is 23.1 Å². The van der Waals surface area contributed by atoms with Gasteiger partial charge in [-0.25, -0.2) is 4.79 Å². The van der Waals surface area contributed by atoms with E-state index in [9.17, 15) is 19.7 Å². The van der Waals surface area contributed by atoms with E-state index < -0.39 is 16.7 Å². The van der Waals surface area contributed by atoms with Crippen molar-refractivity contribution < 1.29 is 19.2 Å².